The number of ether oxygens (including phenoxy) is 1. The second-order valence-corrected chi connectivity index (χ2v) is 5.65. The van der Waals surface area contributed by atoms with Crippen molar-refractivity contribution in [2.75, 3.05) is 11.9 Å². The van der Waals surface area contributed by atoms with E-state index in [1.54, 1.807) is 35.7 Å². The number of imidazole rings is 1. The van der Waals surface area contributed by atoms with E-state index in [9.17, 15) is 4.79 Å². The lowest BCUT2D eigenvalue weighted by Crippen LogP contribution is -2.22. The number of amides is 1. The molecule has 0 bridgehead atoms. The van der Waals surface area contributed by atoms with Gasteiger partial charge in [-0.15, -0.1) is 0 Å². The van der Waals surface area contributed by atoms with Crippen molar-refractivity contribution in [1.29, 1.82) is 0 Å². The first-order valence-electron chi connectivity index (χ1n) is 8.12. The van der Waals surface area contributed by atoms with E-state index in [0.717, 1.165) is 17.9 Å². The fraction of sp³-hybridized carbons (Fsp3) is 0.211. The summed E-state index contributed by atoms with van der Waals surface area (Å²) in [5.41, 5.74) is 1.92. The average Bonchev–Trinajstić information content (AvgIpc) is 3.18. The minimum atomic E-state index is -0.321. The molecule has 0 aliphatic heterocycles. The van der Waals surface area contributed by atoms with Crippen LogP contribution in [0.2, 0.25) is 0 Å². The maximum absolute atomic E-state index is 12.2. The zero-order valence-electron chi connectivity index (χ0n) is 14.0. The molecule has 0 aliphatic rings. The van der Waals surface area contributed by atoms with Crippen molar-refractivity contribution >= 4 is 11.6 Å². The second-order valence-electron chi connectivity index (χ2n) is 5.65. The van der Waals surface area contributed by atoms with Crippen LogP contribution in [0.1, 0.15) is 18.5 Å². The number of hydrogen-bond acceptors (Lipinski definition) is 4. The highest BCUT2D eigenvalue weighted by molar-refractivity contribution is 5.93. The number of carbonyl (C=O) groups is 1. The minimum absolute atomic E-state index is 0.0932. The standard InChI is InChI=1S/C19H20N4O2/c1-15(23-12-11-21-14-23)19(24)22-17-2-4-18(5-3-17)25-13-8-16-6-9-20-10-7-16/h2-7,9-12,14-15H,8,13H2,1H3,(H,22,24)/t15-/m1/s1. The molecule has 0 unspecified atom stereocenters. The highest BCUT2D eigenvalue weighted by Crippen LogP contribution is 2.17. The summed E-state index contributed by atoms with van der Waals surface area (Å²) in [5.74, 6) is 0.680. The molecule has 25 heavy (non-hydrogen) atoms. The van der Waals surface area contributed by atoms with Gasteiger partial charge in [-0.25, -0.2) is 4.98 Å². The van der Waals surface area contributed by atoms with E-state index >= 15 is 0 Å². The summed E-state index contributed by atoms with van der Waals surface area (Å²) >= 11 is 0. The third kappa shape index (κ3) is 4.67. The summed E-state index contributed by atoms with van der Waals surface area (Å²) in [6, 6.07) is 11.0. The van der Waals surface area contributed by atoms with Crippen LogP contribution < -0.4 is 10.1 Å². The maximum atomic E-state index is 12.2. The number of aromatic nitrogens is 3. The predicted octanol–water partition coefficient (Wildman–Crippen LogP) is 3.10. The molecule has 2 aromatic heterocycles. The van der Waals surface area contributed by atoms with Crippen LogP contribution in [0, 0.1) is 0 Å². The van der Waals surface area contributed by atoms with Gasteiger partial charge in [-0.2, -0.15) is 0 Å². The highest BCUT2D eigenvalue weighted by Gasteiger charge is 2.14. The van der Waals surface area contributed by atoms with Gasteiger partial charge >= 0.3 is 0 Å². The molecule has 6 nitrogen and oxygen atoms in total. The summed E-state index contributed by atoms with van der Waals surface area (Å²) in [7, 11) is 0. The van der Waals surface area contributed by atoms with Crippen LogP contribution in [0.25, 0.3) is 0 Å². The molecule has 0 aliphatic carbocycles. The molecule has 0 fully saturated rings. The van der Waals surface area contributed by atoms with Crippen molar-refractivity contribution < 1.29 is 9.53 Å². The van der Waals surface area contributed by atoms with Gasteiger partial charge in [0, 0.05) is 36.9 Å². The van der Waals surface area contributed by atoms with Crippen molar-refractivity contribution in [1.82, 2.24) is 14.5 Å². The lowest BCUT2D eigenvalue weighted by Gasteiger charge is -2.13. The first kappa shape index (κ1) is 16.7. The molecule has 0 saturated carbocycles. The maximum Gasteiger partial charge on any atom is 0.247 e. The largest absolute Gasteiger partial charge is 0.493 e. The van der Waals surface area contributed by atoms with Gasteiger partial charge in [-0.05, 0) is 48.9 Å². The van der Waals surface area contributed by atoms with Crippen molar-refractivity contribution in [3.63, 3.8) is 0 Å². The smallest absolute Gasteiger partial charge is 0.247 e. The molecule has 0 spiro atoms. The van der Waals surface area contributed by atoms with Crippen molar-refractivity contribution in [3.8, 4) is 5.75 Å². The fourth-order valence-electron chi connectivity index (χ4n) is 2.35. The Morgan fingerprint density at radius 1 is 1.12 bits per heavy atom. The topological polar surface area (TPSA) is 69.0 Å². The Morgan fingerprint density at radius 2 is 1.88 bits per heavy atom. The van der Waals surface area contributed by atoms with Crippen LogP contribution >= 0.6 is 0 Å². The van der Waals surface area contributed by atoms with E-state index in [1.807, 2.05) is 43.3 Å². The number of pyridine rings is 1. The Kier molecular flexibility index (Phi) is 5.41. The van der Waals surface area contributed by atoms with E-state index < -0.39 is 0 Å². The Hall–Kier alpha value is -3.15. The van der Waals surface area contributed by atoms with Crippen LogP contribution in [0.4, 0.5) is 5.69 Å². The molecule has 1 aromatic carbocycles. The third-order valence-electron chi connectivity index (χ3n) is 3.88. The van der Waals surface area contributed by atoms with Gasteiger partial charge in [0.25, 0.3) is 0 Å². The normalized spacial score (nSPS) is 11.7. The van der Waals surface area contributed by atoms with E-state index in [4.69, 9.17) is 4.74 Å². The van der Waals surface area contributed by atoms with Crippen LogP contribution in [0.3, 0.4) is 0 Å². The van der Waals surface area contributed by atoms with Gasteiger partial charge in [0.1, 0.15) is 11.8 Å². The fourth-order valence-corrected chi connectivity index (χ4v) is 2.35. The quantitative estimate of drug-likeness (QED) is 0.720. The first-order valence-corrected chi connectivity index (χ1v) is 8.12. The molecule has 3 rings (SSSR count). The zero-order chi connectivity index (χ0) is 17.5. The van der Waals surface area contributed by atoms with Crippen molar-refractivity contribution in [3.05, 3.63) is 73.1 Å². The van der Waals surface area contributed by atoms with Gasteiger partial charge in [-0.3, -0.25) is 9.78 Å². The molecular weight excluding hydrogens is 316 g/mol. The molecule has 128 valence electrons. The Labute approximate surface area is 146 Å². The summed E-state index contributed by atoms with van der Waals surface area (Å²) in [5, 5.41) is 2.89. The zero-order valence-corrected chi connectivity index (χ0v) is 14.0. The van der Waals surface area contributed by atoms with Gasteiger partial charge in [0.15, 0.2) is 0 Å². The number of anilines is 1. The minimum Gasteiger partial charge on any atom is -0.493 e. The monoisotopic (exact) mass is 336 g/mol. The third-order valence-corrected chi connectivity index (χ3v) is 3.88. The number of carbonyl (C=O) groups excluding carboxylic acids is 1. The number of benzene rings is 1. The van der Waals surface area contributed by atoms with Gasteiger partial charge in [-0.1, -0.05) is 0 Å². The predicted molar refractivity (Wildman–Crippen MR) is 95.4 cm³/mol. The van der Waals surface area contributed by atoms with Crippen molar-refractivity contribution in [2.45, 2.75) is 19.4 Å². The molecule has 6 heteroatoms. The second kappa shape index (κ2) is 8.10. The highest BCUT2D eigenvalue weighted by atomic mass is 16.5. The molecule has 0 radical (unpaired) electrons. The first-order chi connectivity index (χ1) is 12.2. The lowest BCUT2D eigenvalue weighted by atomic mass is 10.2. The average molecular weight is 336 g/mol. The molecule has 1 N–H and O–H groups in total. The molecule has 1 atom stereocenters. The van der Waals surface area contributed by atoms with Gasteiger partial charge in [0.05, 0.1) is 12.9 Å². The van der Waals surface area contributed by atoms with Crippen molar-refractivity contribution in [2.24, 2.45) is 0 Å². The number of hydrogen-bond donors (Lipinski definition) is 1. The Balaban J connectivity index is 1.49. The number of nitrogens with one attached hydrogen (secondary N) is 1. The molecular formula is C19H20N4O2. The van der Waals surface area contributed by atoms with E-state index in [-0.39, 0.29) is 11.9 Å². The Morgan fingerprint density at radius 3 is 2.56 bits per heavy atom. The number of nitrogens with zero attached hydrogens (tertiary/aromatic N) is 3. The van der Waals surface area contributed by atoms with Gasteiger partial charge < -0.3 is 14.6 Å². The SMILES string of the molecule is C[C@H](C(=O)Nc1ccc(OCCc2ccncc2)cc1)n1ccnc1. The summed E-state index contributed by atoms with van der Waals surface area (Å²) in [4.78, 5) is 20.2. The molecule has 2 heterocycles. The van der Waals surface area contributed by atoms with Gasteiger partial charge in [0.2, 0.25) is 5.91 Å². The van der Waals surface area contributed by atoms with Crippen LogP contribution in [-0.2, 0) is 11.2 Å². The van der Waals surface area contributed by atoms with E-state index in [2.05, 4.69) is 15.3 Å². The van der Waals surface area contributed by atoms with Crippen LogP contribution in [-0.4, -0.2) is 27.0 Å². The van der Waals surface area contributed by atoms with Crippen LogP contribution in [0.5, 0.6) is 5.75 Å². The van der Waals surface area contributed by atoms with Crippen LogP contribution in [0.15, 0.2) is 67.5 Å². The molecule has 0 saturated heterocycles. The van der Waals surface area contributed by atoms with E-state index in [0.29, 0.717) is 6.61 Å². The Bertz CT molecular complexity index is 786. The number of rotatable bonds is 7. The summed E-state index contributed by atoms with van der Waals surface area (Å²) < 4.78 is 7.49. The van der Waals surface area contributed by atoms with E-state index in [1.165, 1.54) is 5.56 Å². The molecule has 3 aromatic rings. The summed E-state index contributed by atoms with van der Waals surface area (Å²) in [6.45, 7) is 2.42. The lowest BCUT2D eigenvalue weighted by molar-refractivity contribution is -0.118. The molecule has 1 amide bonds. The summed E-state index contributed by atoms with van der Waals surface area (Å²) in [6.07, 6.45) is 9.43.